The highest BCUT2D eigenvalue weighted by molar-refractivity contribution is 9.70. The van der Waals surface area contributed by atoms with Crippen LogP contribution in [-0.2, 0) is 15.7 Å². The average Bonchev–Trinajstić information content (AvgIpc) is 2.02. The van der Waals surface area contributed by atoms with Gasteiger partial charge < -0.3 is 4.52 Å². The lowest BCUT2D eigenvalue weighted by atomic mass is 10.2. The lowest BCUT2D eigenvalue weighted by Gasteiger charge is -2.03. The average molecular weight is 314 g/mol. The second-order valence-electron chi connectivity index (χ2n) is 2.17. The molecule has 2 nitrogen and oxygen atoms in total. The quantitative estimate of drug-likeness (QED) is 0.785. The van der Waals surface area contributed by atoms with Gasteiger partial charge in [-0.05, 0) is 5.56 Å². The molecule has 0 aliphatic heterocycles. The van der Waals surface area contributed by atoms with E-state index < -0.39 is 4.77 Å². The number of benzene rings is 1. The van der Waals surface area contributed by atoms with Gasteiger partial charge >= 0.3 is 4.77 Å². The number of hydrogen-bond donors (Lipinski definition) is 0. The molecule has 66 valence electrons. The van der Waals surface area contributed by atoms with E-state index in [1.54, 1.807) is 0 Å². The smallest absolute Gasteiger partial charge is 0.308 e. The fourth-order valence-electron chi connectivity index (χ4n) is 0.724. The first-order chi connectivity index (χ1) is 5.58. The van der Waals surface area contributed by atoms with Crippen LogP contribution in [0.4, 0.5) is 0 Å². The van der Waals surface area contributed by atoms with Crippen LogP contribution in [0.15, 0.2) is 30.3 Å². The minimum Gasteiger partial charge on any atom is -0.308 e. The lowest BCUT2D eigenvalue weighted by molar-refractivity contribution is 0.327. The molecular formula is C7H7Br2O2P. The maximum absolute atomic E-state index is 11.0. The zero-order chi connectivity index (χ0) is 9.03. The van der Waals surface area contributed by atoms with Gasteiger partial charge in [0.25, 0.3) is 0 Å². The second kappa shape index (κ2) is 4.56. The van der Waals surface area contributed by atoms with Crippen molar-refractivity contribution in [1.29, 1.82) is 0 Å². The Morgan fingerprint density at radius 1 is 1.25 bits per heavy atom. The Hall–Kier alpha value is 0.370. The minimum absolute atomic E-state index is 0.342. The molecule has 1 aromatic carbocycles. The Kier molecular flexibility index (Phi) is 3.97. The lowest BCUT2D eigenvalue weighted by Crippen LogP contribution is -1.84. The molecule has 0 saturated heterocycles. The molecule has 0 spiro atoms. The predicted octanol–water partition coefficient (Wildman–Crippen LogP) is 4.10. The van der Waals surface area contributed by atoms with E-state index in [0.29, 0.717) is 6.61 Å². The predicted molar refractivity (Wildman–Crippen MR) is 56.7 cm³/mol. The zero-order valence-electron chi connectivity index (χ0n) is 6.11. The molecule has 0 radical (unpaired) electrons. The van der Waals surface area contributed by atoms with Crippen LogP contribution in [0, 0.1) is 0 Å². The summed E-state index contributed by atoms with van der Waals surface area (Å²) >= 11 is 5.77. The summed E-state index contributed by atoms with van der Waals surface area (Å²) in [4.78, 5) is 0. The highest BCUT2D eigenvalue weighted by atomic mass is 79.9. The largest absolute Gasteiger partial charge is 0.328 e. The summed E-state index contributed by atoms with van der Waals surface area (Å²) in [5.41, 5.74) is 0.997. The van der Waals surface area contributed by atoms with Crippen molar-refractivity contribution in [3.05, 3.63) is 35.9 Å². The summed E-state index contributed by atoms with van der Waals surface area (Å²) in [6.07, 6.45) is 0. The summed E-state index contributed by atoms with van der Waals surface area (Å²) in [6.45, 7) is 0.342. The molecule has 0 N–H and O–H groups in total. The zero-order valence-corrected chi connectivity index (χ0v) is 10.2. The van der Waals surface area contributed by atoms with Gasteiger partial charge in [0.15, 0.2) is 0 Å². The van der Waals surface area contributed by atoms with Crippen LogP contribution in [0.3, 0.4) is 0 Å². The van der Waals surface area contributed by atoms with Crippen LogP contribution in [0.25, 0.3) is 0 Å². The topological polar surface area (TPSA) is 26.3 Å². The van der Waals surface area contributed by atoms with E-state index in [0.717, 1.165) is 5.56 Å². The fourth-order valence-corrected chi connectivity index (χ4v) is 1.64. The molecule has 0 unspecified atom stereocenters. The van der Waals surface area contributed by atoms with Gasteiger partial charge in [-0.1, -0.05) is 30.3 Å². The summed E-state index contributed by atoms with van der Waals surface area (Å²) in [5, 5.41) is 0. The van der Waals surface area contributed by atoms with Gasteiger partial charge in [-0.15, -0.1) is 0 Å². The van der Waals surface area contributed by atoms with Gasteiger partial charge in [0, 0.05) is 31.0 Å². The molecule has 0 aromatic heterocycles. The van der Waals surface area contributed by atoms with Crippen molar-refractivity contribution in [1.82, 2.24) is 0 Å². The van der Waals surface area contributed by atoms with Crippen molar-refractivity contribution >= 4 is 35.8 Å². The fraction of sp³-hybridized carbons (Fsp3) is 0.143. The first-order valence-electron chi connectivity index (χ1n) is 3.26. The highest BCUT2D eigenvalue weighted by Gasteiger charge is 2.11. The van der Waals surface area contributed by atoms with Crippen LogP contribution in [0.5, 0.6) is 0 Å². The van der Waals surface area contributed by atoms with Gasteiger partial charge in [0.2, 0.25) is 0 Å². The molecule has 5 heteroatoms. The van der Waals surface area contributed by atoms with E-state index in [-0.39, 0.29) is 0 Å². The number of halogens is 2. The number of rotatable bonds is 3. The molecule has 0 amide bonds. The second-order valence-corrected chi connectivity index (χ2v) is 11.7. The van der Waals surface area contributed by atoms with E-state index in [1.807, 2.05) is 30.3 Å². The Balaban J connectivity index is 2.50. The molecule has 12 heavy (non-hydrogen) atoms. The molecular weight excluding hydrogens is 307 g/mol. The minimum atomic E-state index is -2.71. The normalized spacial score (nSPS) is 11.5. The van der Waals surface area contributed by atoms with Crippen LogP contribution in [0.1, 0.15) is 5.56 Å². The van der Waals surface area contributed by atoms with Gasteiger partial charge in [0.1, 0.15) is 0 Å². The molecule has 0 aliphatic carbocycles. The molecule has 0 saturated carbocycles. The third-order valence-electron chi connectivity index (χ3n) is 1.22. The Morgan fingerprint density at radius 3 is 2.33 bits per heavy atom. The Labute approximate surface area is 87.2 Å². The first kappa shape index (κ1) is 10.5. The maximum atomic E-state index is 11.0. The van der Waals surface area contributed by atoms with Gasteiger partial charge in [-0.25, -0.2) is 0 Å². The Bertz CT molecular complexity index is 283. The summed E-state index contributed by atoms with van der Waals surface area (Å²) in [7, 11) is 0. The Morgan fingerprint density at radius 2 is 1.83 bits per heavy atom. The van der Waals surface area contributed by atoms with Crippen molar-refractivity contribution in [3.63, 3.8) is 0 Å². The van der Waals surface area contributed by atoms with E-state index >= 15 is 0 Å². The van der Waals surface area contributed by atoms with Crippen LogP contribution >= 0.6 is 35.8 Å². The van der Waals surface area contributed by atoms with Crippen molar-refractivity contribution in [3.8, 4) is 0 Å². The van der Waals surface area contributed by atoms with Gasteiger partial charge in [-0.3, -0.25) is 4.57 Å². The van der Waals surface area contributed by atoms with Crippen LogP contribution in [0.2, 0.25) is 0 Å². The molecule has 0 fully saturated rings. The van der Waals surface area contributed by atoms with E-state index in [2.05, 4.69) is 31.0 Å². The van der Waals surface area contributed by atoms with E-state index in [9.17, 15) is 4.57 Å². The summed E-state index contributed by atoms with van der Waals surface area (Å²) in [6, 6.07) is 9.56. The third-order valence-corrected chi connectivity index (χ3v) is 2.88. The first-order valence-corrected chi connectivity index (χ1v) is 8.92. The van der Waals surface area contributed by atoms with Crippen molar-refractivity contribution in [2.24, 2.45) is 0 Å². The summed E-state index contributed by atoms with van der Waals surface area (Å²) in [5.74, 6) is 0. The standard InChI is InChI=1S/C7H7Br2O2P/c8-12(9,10)11-6-7-4-2-1-3-5-7/h1-5H,6H2. The van der Waals surface area contributed by atoms with Crippen LogP contribution < -0.4 is 0 Å². The number of hydrogen-bond acceptors (Lipinski definition) is 2. The maximum Gasteiger partial charge on any atom is 0.328 e. The molecule has 1 rings (SSSR count). The van der Waals surface area contributed by atoms with Crippen molar-refractivity contribution < 1.29 is 9.09 Å². The molecule has 0 bridgehead atoms. The molecule has 0 heterocycles. The van der Waals surface area contributed by atoms with E-state index in [4.69, 9.17) is 4.52 Å². The SMILES string of the molecule is O=P(Br)(Br)OCc1ccccc1. The molecule has 0 aliphatic rings. The monoisotopic (exact) mass is 312 g/mol. The molecule has 0 atom stereocenters. The highest BCUT2D eigenvalue weighted by Crippen LogP contribution is 2.62. The van der Waals surface area contributed by atoms with Gasteiger partial charge in [0.05, 0.1) is 6.61 Å². The van der Waals surface area contributed by atoms with Gasteiger partial charge in [-0.2, -0.15) is 0 Å². The third kappa shape index (κ3) is 4.41. The summed E-state index contributed by atoms with van der Waals surface area (Å²) < 4.78 is 13.3. The molecule has 1 aromatic rings. The van der Waals surface area contributed by atoms with E-state index in [1.165, 1.54) is 0 Å². The van der Waals surface area contributed by atoms with Crippen LogP contribution in [-0.4, -0.2) is 0 Å². The van der Waals surface area contributed by atoms with Crippen molar-refractivity contribution in [2.75, 3.05) is 0 Å². The van der Waals surface area contributed by atoms with Crippen molar-refractivity contribution in [2.45, 2.75) is 6.61 Å².